The molecule has 0 spiro atoms. The van der Waals surface area contributed by atoms with E-state index in [1.807, 2.05) is 0 Å². The lowest BCUT2D eigenvalue weighted by Crippen LogP contribution is -2.20. The molecule has 0 heterocycles. The molecule has 0 N–H and O–H groups in total. The van der Waals surface area contributed by atoms with E-state index in [9.17, 15) is 17.6 Å². The Balaban J connectivity index is 3.04. The number of hydrogen-bond donors (Lipinski definition) is 0. The van der Waals surface area contributed by atoms with Crippen LogP contribution in [-0.4, -0.2) is 33.7 Å². The fraction of sp³-hybridized carbons (Fsp3) is 0.417. The second-order valence-electron chi connectivity index (χ2n) is 4.08. The molecule has 118 valence electrons. The smallest absolute Gasteiger partial charge is 0.338 e. The Kier molecular flexibility index (Phi) is 6.58. The number of carbonyl (C=O) groups excluding carboxylic acids is 1. The monoisotopic (exact) mass is 402 g/mol. The topological polar surface area (TPSA) is 69.7 Å². The average molecular weight is 404 g/mol. The van der Waals surface area contributed by atoms with E-state index in [1.54, 1.807) is 13.8 Å². The van der Waals surface area contributed by atoms with Crippen LogP contribution in [0.1, 0.15) is 24.2 Å². The molecule has 1 atom stereocenters. The number of esters is 1. The standard InChI is InChI=1S/C12H13BrClFO5S/c1-3-19-6-7(2)20-12(16)8-4-9(15)11(13)10(5-8)21(14,17)18/h4-5,7H,3,6H2,1-2H3. The third-order valence-corrected chi connectivity index (χ3v) is 4.77. The highest BCUT2D eigenvalue weighted by Gasteiger charge is 2.22. The van der Waals surface area contributed by atoms with Gasteiger partial charge in [0.1, 0.15) is 16.8 Å². The summed E-state index contributed by atoms with van der Waals surface area (Å²) in [5.74, 6) is -1.80. The van der Waals surface area contributed by atoms with E-state index in [0.29, 0.717) is 6.61 Å². The van der Waals surface area contributed by atoms with Crippen LogP contribution in [0.3, 0.4) is 0 Å². The normalized spacial score (nSPS) is 13.0. The van der Waals surface area contributed by atoms with E-state index >= 15 is 0 Å². The summed E-state index contributed by atoms with van der Waals surface area (Å²) in [6, 6.07) is 1.82. The Morgan fingerprint density at radius 2 is 2.10 bits per heavy atom. The van der Waals surface area contributed by atoms with Crippen molar-refractivity contribution in [1.29, 1.82) is 0 Å². The molecule has 1 aromatic carbocycles. The van der Waals surface area contributed by atoms with Crippen molar-refractivity contribution in [3.8, 4) is 0 Å². The maximum Gasteiger partial charge on any atom is 0.338 e. The summed E-state index contributed by atoms with van der Waals surface area (Å²) >= 11 is 2.77. The van der Waals surface area contributed by atoms with Gasteiger partial charge in [-0.3, -0.25) is 0 Å². The lowest BCUT2D eigenvalue weighted by Gasteiger charge is -2.13. The second kappa shape index (κ2) is 7.53. The quantitative estimate of drug-likeness (QED) is 0.539. The number of halogens is 3. The summed E-state index contributed by atoms with van der Waals surface area (Å²) < 4.78 is 46.1. The predicted molar refractivity (Wildman–Crippen MR) is 78.5 cm³/mol. The third-order valence-electron chi connectivity index (χ3n) is 2.36. The molecule has 9 heteroatoms. The highest BCUT2D eigenvalue weighted by molar-refractivity contribution is 9.10. The SMILES string of the molecule is CCOCC(C)OC(=O)c1cc(F)c(Br)c(S(=O)(=O)Cl)c1. The largest absolute Gasteiger partial charge is 0.457 e. The van der Waals surface area contributed by atoms with Gasteiger partial charge in [-0.25, -0.2) is 17.6 Å². The Hall–Kier alpha value is -0.700. The molecule has 5 nitrogen and oxygen atoms in total. The fourth-order valence-corrected chi connectivity index (χ4v) is 3.52. The van der Waals surface area contributed by atoms with Gasteiger partial charge in [0.2, 0.25) is 0 Å². The summed E-state index contributed by atoms with van der Waals surface area (Å²) in [6.07, 6.45) is -0.555. The van der Waals surface area contributed by atoms with E-state index in [0.717, 1.165) is 12.1 Å². The first kappa shape index (κ1) is 18.3. The van der Waals surface area contributed by atoms with Crippen molar-refractivity contribution in [3.63, 3.8) is 0 Å². The molecule has 21 heavy (non-hydrogen) atoms. The minimum Gasteiger partial charge on any atom is -0.457 e. The van der Waals surface area contributed by atoms with Crippen LogP contribution in [0.5, 0.6) is 0 Å². The van der Waals surface area contributed by atoms with Gasteiger partial charge in [-0.2, -0.15) is 0 Å². The maximum absolute atomic E-state index is 13.7. The molecule has 0 fully saturated rings. The molecule has 1 aromatic rings. The van der Waals surface area contributed by atoms with Crippen LogP contribution < -0.4 is 0 Å². The van der Waals surface area contributed by atoms with Crippen molar-refractivity contribution in [3.05, 3.63) is 28.0 Å². The molecular weight excluding hydrogens is 391 g/mol. The van der Waals surface area contributed by atoms with Crippen molar-refractivity contribution < 1.29 is 27.1 Å². The van der Waals surface area contributed by atoms with Crippen LogP contribution in [0.15, 0.2) is 21.5 Å². The zero-order valence-electron chi connectivity index (χ0n) is 11.2. The number of rotatable bonds is 6. The molecule has 1 unspecified atom stereocenters. The van der Waals surface area contributed by atoms with Crippen molar-refractivity contribution >= 4 is 41.6 Å². The first-order valence-corrected chi connectivity index (χ1v) is 8.99. The molecule has 0 bridgehead atoms. The summed E-state index contributed by atoms with van der Waals surface area (Å²) in [7, 11) is 0.988. The fourth-order valence-electron chi connectivity index (χ4n) is 1.43. The highest BCUT2D eigenvalue weighted by Crippen LogP contribution is 2.29. The Morgan fingerprint density at radius 1 is 1.48 bits per heavy atom. The van der Waals surface area contributed by atoms with Crippen molar-refractivity contribution in [2.24, 2.45) is 0 Å². The zero-order valence-corrected chi connectivity index (χ0v) is 14.4. The maximum atomic E-state index is 13.7. The van der Waals surface area contributed by atoms with Crippen molar-refractivity contribution in [2.75, 3.05) is 13.2 Å². The zero-order chi connectivity index (χ0) is 16.2. The van der Waals surface area contributed by atoms with E-state index < -0.39 is 31.8 Å². The minimum absolute atomic E-state index is 0.182. The van der Waals surface area contributed by atoms with Crippen molar-refractivity contribution in [2.45, 2.75) is 24.8 Å². The molecule has 0 aliphatic carbocycles. The summed E-state index contributed by atoms with van der Waals surface area (Å²) in [5, 5.41) is 0. The molecule has 0 aliphatic rings. The van der Waals surface area contributed by atoms with Gasteiger partial charge < -0.3 is 9.47 Å². The first-order chi connectivity index (χ1) is 9.66. The van der Waals surface area contributed by atoms with Crippen LogP contribution in [0.2, 0.25) is 0 Å². The number of ether oxygens (including phenoxy) is 2. The molecule has 0 saturated heterocycles. The minimum atomic E-state index is -4.20. The highest BCUT2D eigenvalue weighted by atomic mass is 79.9. The number of hydrogen-bond acceptors (Lipinski definition) is 5. The molecule has 0 radical (unpaired) electrons. The summed E-state index contributed by atoms with van der Waals surface area (Å²) in [5.41, 5.74) is -0.252. The van der Waals surface area contributed by atoms with E-state index in [1.165, 1.54) is 0 Å². The molecule has 0 saturated carbocycles. The number of benzene rings is 1. The molecule has 0 aromatic heterocycles. The molecule has 1 rings (SSSR count). The van der Waals surface area contributed by atoms with Crippen LogP contribution in [0.25, 0.3) is 0 Å². The van der Waals surface area contributed by atoms with Crippen LogP contribution in [-0.2, 0) is 18.5 Å². The van der Waals surface area contributed by atoms with Gasteiger partial charge >= 0.3 is 5.97 Å². The van der Waals surface area contributed by atoms with E-state index in [4.69, 9.17) is 20.2 Å². The molecular formula is C12H13BrClFO5S. The molecule has 0 aliphatic heterocycles. The van der Waals surface area contributed by atoms with Crippen LogP contribution >= 0.6 is 26.6 Å². The average Bonchev–Trinajstić information content (AvgIpc) is 2.37. The lowest BCUT2D eigenvalue weighted by molar-refractivity contribution is 0.00433. The van der Waals surface area contributed by atoms with Gasteiger partial charge in [-0.15, -0.1) is 0 Å². The van der Waals surface area contributed by atoms with Gasteiger partial charge in [0.15, 0.2) is 0 Å². The van der Waals surface area contributed by atoms with Gasteiger partial charge in [0, 0.05) is 17.3 Å². The Morgan fingerprint density at radius 3 is 2.62 bits per heavy atom. The Bertz CT molecular complexity index is 635. The second-order valence-corrected chi connectivity index (χ2v) is 7.41. The van der Waals surface area contributed by atoms with E-state index in [2.05, 4.69) is 15.9 Å². The third kappa shape index (κ3) is 5.21. The summed E-state index contributed by atoms with van der Waals surface area (Å²) in [4.78, 5) is 11.3. The van der Waals surface area contributed by atoms with E-state index in [-0.39, 0.29) is 16.6 Å². The van der Waals surface area contributed by atoms with Crippen LogP contribution in [0, 0.1) is 5.82 Å². The van der Waals surface area contributed by atoms with Gasteiger partial charge in [0.05, 0.1) is 16.6 Å². The Labute approximate surface area is 134 Å². The lowest BCUT2D eigenvalue weighted by atomic mass is 10.2. The number of carbonyl (C=O) groups is 1. The van der Waals surface area contributed by atoms with Crippen molar-refractivity contribution in [1.82, 2.24) is 0 Å². The van der Waals surface area contributed by atoms with Gasteiger partial charge in [-0.05, 0) is 41.9 Å². The van der Waals surface area contributed by atoms with Gasteiger partial charge in [0.25, 0.3) is 9.05 Å². The molecule has 0 amide bonds. The summed E-state index contributed by atoms with van der Waals surface area (Å²) in [6.45, 7) is 4.03. The predicted octanol–water partition coefficient (Wildman–Crippen LogP) is 3.10. The van der Waals surface area contributed by atoms with Gasteiger partial charge in [-0.1, -0.05) is 0 Å². The van der Waals surface area contributed by atoms with Crippen LogP contribution in [0.4, 0.5) is 4.39 Å². The first-order valence-electron chi connectivity index (χ1n) is 5.89.